The number of anilines is 1. The predicted octanol–water partition coefficient (Wildman–Crippen LogP) is 4.39. The summed E-state index contributed by atoms with van der Waals surface area (Å²) in [7, 11) is 6.15. The lowest BCUT2D eigenvalue weighted by atomic mass is 10.1. The zero-order valence-corrected chi connectivity index (χ0v) is 21.4. The molecule has 4 aromatic rings. The number of aromatic nitrogens is 3. The number of hydrogen-bond donors (Lipinski definition) is 2. The van der Waals surface area contributed by atoms with Crippen LogP contribution in [0.25, 0.3) is 16.9 Å². The van der Waals surface area contributed by atoms with Crippen LogP contribution >= 0.6 is 11.8 Å². The zero-order chi connectivity index (χ0) is 26.4. The van der Waals surface area contributed by atoms with Crippen molar-refractivity contribution in [2.75, 3.05) is 33.8 Å². The Morgan fingerprint density at radius 3 is 2.16 bits per heavy atom. The van der Waals surface area contributed by atoms with Crippen molar-refractivity contribution in [1.82, 2.24) is 19.8 Å². The van der Waals surface area contributed by atoms with Gasteiger partial charge in [0.15, 0.2) is 11.5 Å². The molecule has 0 bridgehead atoms. The van der Waals surface area contributed by atoms with Crippen LogP contribution in [-0.2, 0) is 4.79 Å². The number of benzene rings is 3. The molecule has 0 aliphatic heterocycles. The van der Waals surface area contributed by atoms with E-state index in [1.54, 1.807) is 49.4 Å². The average Bonchev–Trinajstić information content (AvgIpc) is 3.43. The molecular formula is C26H26ClN5O5. The van der Waals surface area contributed by atoms with E-state index in [4.69, 9.17) is 30.7 Å². The summed E-state index contributed by atoms with van der Waals surface area (Å²) in [6.45, 7) is 0. The minimum atomic E-state index is -0.775. The Kier molecular flexibility index (Phi) is 8.11. The molecular weight excluding hydrogens is 498 g/mol. The van der Waals surface area contributed by atoms with E-state index in [1.165, 1.54) is 14.2 Å². The number of nitrogens with one attached hydrogen (secondary N) is 2. The normalized spacial score (nSPS) is 11.5. The molecule has 192 valence electrons. The number of hydrogen-bond acceptors (Lipinski definition) is 8. The molecule has 3 aromatic carbocycles. The number of amides is 1. The van der Waals surface area contributed by atoms with Crippen LogP contribution in [0.3, 0.4) is 0 Å². The first-order valence-corrected chi connectivity index (χ1v) is 11.5. The van der Waals surface area contributed by atoms with Gasteiger partial charge in [0.1, 0.15) is 11.8 Å². The average molecular weight is 524 g/mol. The number of nitrogens with zero attached hydrogens (tertiary/aromatic N) is 3. The topological polar surface area (TPSA) is 109 Å². The largest absolute Gasteiger partial charge is 0.495 e. The Morgan fingerprint density at radius 1 is 0.892 bits per heavy atom. The summed E-state index contributed by atoms with van der Waals surface area (Å²) in [5, 5.41) is 11.3. The second-order valence-corrected chi connectivity index (χ2v) is 7.99. The third-order valence-electron chi connectivity index (χ3n) is 5.70. The highest BCUT2D eigenvalue weighted by Crippen LogP contribution is 2.40. The molecule has 1 atom stereocenters. The molecule has 1 amide bonds. The summed E-state index contributed by atoms with van der Waals surface area (Å²) >= 11 is 5.92. The predicted molar refractivity (Wildman–Crippen MR) is 140 cm³/mol. The molecule has 0 aliphatic carbocycles. The SMILES string of the molecule is COc1ccc(-c2cnnn2-c2cc(OC)c(OC)c(OC)c2)cc1NC(=O)C(NCl)c1ccccc1. The maximum absolute atomic E-state index is 13.1. The molecule has 2 N–H and O–H groups in total. The zero-order valence-electron chi connectivity index (χ0n) is 20.7. The fourth-order valence-corrected chi connectivity index (χ4v) is 4.12. The molecule has 37 heavy (non-hydrogen) atoms. The van der Waals surface area contributed by atoms with E-state index in [2.05, 4.69) is 20.5 Å². The van der Waals surface area contributed by atoms with E-state index in [9.17, 15) is 4.79 Å². The Hall–Kier alpha value is -4.28. The molecule has 0 radical (unpaired) electrons. The van der Waals surface area contributed by atoms with Crippen LogP contribution in [0.4, 0.5) is 5.69 Å². The van der Waals surface area contributed by atoms with Gasteiger partial charge < -0.3 is 24.3 Å². The van der Waals surface area contributed by atoms with Gasteiger partial charge in [-0.15, -0.1) is 5.10 Å². The first kappa shape index (κ1) is 25.8. The lowest BCUT2D eigenvalue weighted by Crippen LogP contribution is -2.28. The lowest BCUT2D eigenvalue weighted by molar-refractivity contribution is -0.117. The van der Waals surface area contributed by atoms with Crippen LogP contribution in [0.15, 0.2) is 66.9 Å². The fourth-order valence-electron chi connectivity index (χ4n) is 3.89. The van der Waals surface area contributed by atoms with Crippen LogP contribution in [0.2, 0.25) is 0 Å². The van der Waals surface area contributed by atoms with E-state index in [1.807, 2.05) is 36.4 Å². The highest BCUT2D eigenvalue weighted by molar-refractivity contribution is 6.15. The minimum absolute atomic E-state index is 0.354. The van der Waals surface area contributed by atoms with Crippen LogP contribution in [0.5, 0.6) is 23.0 Å². The van der Waals surface area contributed by atoms with Crippen LogP contribution in [0.1, 0.15) is 11.6 Å². The maximum Gasteiger partial charge on any atom is 0.247 e. The summed E-state index contributed by atoms with van der Waals surface area (Å²) in [6.07, 6.45) is 1.61. The Balaban J connectivity index is 1.72. The van der Waals surface area contributed by atoms with Crippen LogP contribution < -0.4 is 29.1 Å². The van der Waals surface area contributed by atoms with Crippen LogP contribution in [0, 0.1) is 0 Å². The molecule has 1 unspecified atom stereocenters. The first-order chi connectivity index (χ1) is 18.0. The van der Waals surface area contributed by atoms with E-state index in [0.717, 1.165) is 11.1 Å². The van der Waals surface area contributed by atoms with Gasteiger partial charge in [-0.2, -0.15) is 0 Å². The Bertz CT molecular complexity index is 1350. The van der Waals surface area contributed by atoms with Crippen molar-refractivity contribution in [3.05, 3.63) is 72.4 Å². The molecule has 11 heteroatoms. The molecule has 10 nitrogen and oxygen atoms in total. The van der Waals surface area contributed by atoms with Gasteiger partial charge in [-0.25, -0.2) is 9.52 Å². The summed E-state index contributed by atoms with van der Waals surface area (Å²) in [6, 6.07) is 17.3. The second-order valence-electron chi connectivity index (χ2n) is 7.77. The van der Waals surface area contributed by atoms with E-state index in [-0.39, 0.29) is 5.91 Å². The number of carbonyl (C=O) groups is 1. The van der Waals surface area contributed by atoms with Gasteiger partial charge >= 0.3 is 0 Å². The monoisotopic (exact) mass is 523 g/mol. The standard InChI is InChI=1S/C26H26ClN5O5/c1-34-21-11-10-17(12-19(21)29-26(33)24(30-27)16-8-6-5-7-9-16)20-15-28-31-32(20)18-13-22(35-2)25(37-4)23(14-18)36-3/h5-15,24,30H,1-4H3,(H,29,33). The number of methoxy groups -OCH3 is 4. The van der Waals surface area contributed by atoms with Crippen molar-refractivity contribution >= 4 is 23.4 Å². The molecule has 0 saturated heterocycles. The van der Waals surface area contributed by atoms with Crippen molar-refractivity contribution < 1.29 is 23.7 Å². The van der Waals surface area contributed by atoms with Gasteiger partial charge in [-0.1, -0.05) is 35.5 Å². The summed E-state index contributed by atoms with van der Waals surface area (Å²) in [4.78, 5) is 15.7. The molecule has 0 saturated carbocycles. The number of halogens is 1. The number of carbonyl (C=O) groups excluding carboxylic acids is 1. The lowest BCUT2D eigenvalue weighted by Gasteiger charge is -2.18. The molecule has 4 rings (SSSR count). The van der Waals surface area contributed by atoms with Gasteiger partial charge in [-0.3, -0.25) is 4.79 Å². The van der Waals surface area contributed by atoms with E-state index in [0.29, 0.717) is 40.1 Å². The number of ether oxygens (including phenoxy) is 4. The molecule has 0 spiro atoms. The van der Waals surface area contributed by atoms with E-state index < -0.39 is 6.04 Å². The fraction of sp³-hybridized carbons (Fsp3) is 0.192. The van der Waals surface area contributed by atoms with Crippen molar-refractivity contribution in [2.24, 2.45) is 0 Å². The van der Waals surface area contributed by atoms with E-state index >= 15 is 0 Å². The van der Waals surface area contributed by atoms with Crippen molar-refractivity contribution in [1.29, 1.82) is 0 Å². The Labute approximate surface area is 219 Å². The second kappa shape index (κ2) is 11.6. The van der Waals surface area contributed by atoms with Gasteiger partial charge in [0.25, 0.3) is 0 Å². The third kappa shape index (κ3) is 5.30. The number of rotatable bonds is 10. The highest BCUT2D eigenvalue weighted by atomic mass is 35.5. The third-order valence-corrected chi connectivity index (χ3v) is 5.92. The maximum atomic E-state index is 13.1. The van der Waals surface area contributed by atoms with Gasteiger partial charge in [-0.05, 0) is 35.5 Å². The quantitative estimate of drug-likeness (QED) is 0.295. The smallest absolute Gasteiger partial charge is 0.247 e. The molecule has 0 aliphatic rings. The summed E-state index contributed by atoms with van der Waals surface area (Å²) in [5.41, 5.74) is 3.19. The Morgan fingerprint density at radius 2 is 1.57 bits per heavy atom. The first-order valence-electron chi connectivity index (χ1n) is 11.2. The van der Waals surface area contributed by atoms with Gasteiger partial charge in [0.05, 0.1) is 51.7 Å². The van der Waals surface area contributed by atoms with Crippen molar-refractivity contribution in [3.8, 4) is 39.9 Å². The van der Waals surface area contributed by atoms with Crippen molar-refractivity contribution in [2.45, 2.75) is 6.04 Å². The van der Waals surface area contributed by atoms with Crippen LogP contribution in [-0.4, -0.2) is 49.3 Å². The summed E-state index contributed by atoms with van der Waals surface area (Å²) in [5.74, 6) is 1.53. The molecule has 1 heterocycles. The summed E-state index contributed by atoms with van der Waals surface area (Å²) < 4.78 is 23.5. The highest BCUT2D eigenvalue weighted by Gasteiger charge is 2.22. The van der Waals surface area contributed by atoms with Gasteiger partial charge in [0.2, 0.25) is 11.7 Å². The minimum Gasteiger partial charge on any atom is -0.495 e. The van der Waals surface area contributed by atoms with Gasteiger partial charge in [0, 0.05) is 17.7 Å². The van der Waals surface area contributed by atoms with Crippen molar-refractivity contribution in [3.63, 3.8) is 0 Å². The molecule has 1 aromatic heterocycles. The molecule has 0 fully saturated rings.